The summed E-state index contributed by atoms with van der Waals surface area (Å²) < 4.78 is 5.03. The third-order valence-corrected chi connectivity index (χ3v) is 4.48. The van der Waals surface area contributed by atoms with Crippen LogP contribution in [-0.4, -0.2) is 41.0 Å². The molecule has 24 heavy (non-hydrogen) atoms. The van der Waals surface area contributed by atoms with Crippen LogP contribution in [0.2, 0.25) is 0 Å². The first-order chi connectivity index (χ1) is 11.7. The summed E-state index contributed by atoms with van der Waals surface area (Å²) in [5.74, 6) is 0.916. The molecule has 1 aliphatic heterocycles. The molecule has 0 amide bonds. The van der Waals surface area contributed by atoms with E-state index in [4.69, 9.17) is 10.00 Å². The Morgan fingerprint density at radius 2 is 2.42 bits per heavy atom. The van der Waals surface area contributed by atoms with Crippen LogP contribution in [0.5, 0.6) is 0 Å². The molecule has 0 bridgehead atoms. The van der Waals surface area contributed by atoms with Crippen molar-refractivity contribution in [3.8, 4) is 6.07 Å². The lowest BCUT2D eigenvalue weighted by atomic mass is 9.93. The number of aromatic nitrogens is 2. The van der Waals surface area contributed by atoms with Gasteiger partial charge in [0, 0.05) is 24.9 Å². The molecule has 3 rings (SSSR count). The van der Waals surface area contributed by atoms with E-state index < -0.39 is 6.04 Å². The van der Waals surface area contributed by atoms with Crippen LogP contribution in [0.25, 0.3) is 0 Å². The van der Waals surface area contributed by atoms with Crippen LogP contribution in [0.4, 0.5) is 0 Å². The molecule has 0 spiro atoms. The fraction of sp³-hybridized carbons (Fsp3) is 0.389. The summed E-state index contributed by atoms with van der Waals surface area (Å²) in [6, 6.07) is 8.80. The quantitative estimate of drug-likeness (QED) is 0.873. The highest BCUT2D eigenvalue weighted by molar-refractivity contribution is 5.77. The summed E-state index contributed by atoms with van der Waals surface area (Å²) >= 11 is 0. The van der Waals surface area contributed by atoms with Gasteiger partial charge in [0.2, 0.25) is 0 Å². The van der Waals surface area contributed by atoms with Gasteiger partial charge in [-0.25, -0.2) is 9.78 Å². The molecule has 1 fully saturated rings. The maximum absolute atomic E-state index is 12.4. The van der Waals surface area contributed by atoms with Gasteiger partial charge in [0.15, 0.2) is 0 Å². The van der Waals surface area contributed by atoms with Crippen molar-refractivity contribution >= 4 is 5.97 Å². The molecule has 0 aliphatic carbocycles. The van der Waals surface area contributed by atoms with Crippen LogP contribution >= 0.6 is 0 Å². The number of hydrogen-bond acceptors (Lipinski definition) is 5. The predicted octanol–water partition coefficient (Wildman–Crippen LogP) is 2.38. The minimum absolute atomic E-state index is 0.264. The Morgan fingerprint density at radius 1 is 1.54 bits per heavy atom. The Bertz CT molecular complexity index is 736. The molecule has 1 aromatic carbocycles. The Hall–Kier alpha value is -2.65. The maximum Gasteiger partial charge on any atom is 0.327 e. The highest BCUT2D eigenvalue weighted by Gasteiger charge is 2.33. The molecule has 1 aliphatic rings. The smallest absolute Gasteiger partial charge is 0.327 e. The van der Waals surface area contributed by atoms with E-state index in [0.717, 1.165) is 37.3 Å². The van der Waals surface area contributed by atoms with Gasteiger partial charge in [-0.2, -0.15) is 5.26 Å². The number of benzene rings is 1. The molecule has 1 saturated heterocycles. The SMILES string of the molecule is COC(=O)[C@H](c1cccc(C#N)c1)N1CCC[C@@H](c2ncc[nH]2)C1. The van der Waals surface area contributed by atoms with Gasteiger partial charge < -0.3 is 9.72 Å². The van der Waals surface area contributed by atoms with E-state index in [2.05, 4.69) is 20.9 Å². The number of carbonyl (C=O) groups is 1. The molecular formula is C18H20N4O2. The van der Waals surface area contributed by atoms with Crippen LogP contribution in [0.1, 0.15) is 41.8 Å². The molecule has 0 unspecified atom stereocenters. The maximum atomic E-state index is 12.4. The number of methoxy groups -OCH3 is 1. The molecule has 6 nitrogen and oxygen atoms in total. The first kappa shape index (κ1) is 16.2. The number of rotatable bonds is 4. The number of H-pyrrole nitrogens is 1. The average Bonchev–Trinajstić information content (AvgIpc) is 3.17. The normalized spacial score (nSPS) is 19.4. The van der Waals surface area contributed by atoms with E-state index >= 15 is 0 Å². The minimum Gasteiger partial charge on any atom is -0.468 e. The van der Waals surface area contributed by atoms with Crippen molar-refractivity contribution in [3.63, 3.8) is 0 Å². The molecule has 2 atom stereocenters. The number of likely N-dealkylation sites (tertiary alicyclic amines) is 1. The average molecular weight is 324 g/mol. The Labute approximate surface area is 141 Å². The number of carbonyl (C=O) groups excluding carboxylic acids is 1. The van der Waals surface area contributed by atoms with Gasteiger partial charge in [-0.1, -0.05) is 12.1 Å². The fourth-order valence-electron chi connectivity index (χ4n) is 3.35. The summed E-state index contributed by atoms with van der Waals surface area (Å²) in [5.41, 5.74) is 1.34. The summed E-state index contributed by atoms with van der Waals surface area (Å²) in [4.78, 5) is 22.1. The third-order valence-electron chi connectivity index (χ3n) is 4.48. The van der Waals surface area contributed by atoms with Crippen LogP contribution in [0, 0.1) is 11.3 Å². The third kappa shape index (κ3) is 3.31. The molecule has 0 saturated carbocycles. The number of hydrogen-bond donors (Lipinski definition) is 1. The van der Waals surface area contributed by atoms with E-state index in [-0.39, 0.29) is 11.9 Å². The van der Waals surface area contributed by atoms with E-state index in [1.54, 1.807) is 24.4 Å². The Kier molecular flexibility index (Phi) is 4.92. The van der Waals surface area contributed by atoms with Crippen molar-refractivity contribution in [1.82, 2.24) is 14.9 Å². The van der Waals surface area contributed by atoms with Gasteiger partial charge in [0.1, 0.15) is 11.9 Å². The second-order valence-corrected chi connectivity index (χ2v) is 5.97. The highest BCUT2D eigenvalue weighted by Crippen LogP contribution is 2.31. The van der Waals surface area contributed by atoms with Crippen molar-refractivity contribution in [3.05, 3.63) is 53.6 Å². The van der Waals surface area contributed by atoms with Gasteiger partial charge in [-0.15, -0.1) is 0 Å². The van der Waals surface area contributed by atoms with Gasteiger partial charge in [0.05, 0.1) is 18.7 Å². The van der Waals surface area contributed by atoms with Crippen LogP contribution in [0.3, 0.4) is 0 Å². The summed E-state index contributed by atoms with van der Waals surface area (Å²) in [6.07, 6.45) is 5.60. The van der Waals surface area contributed by atoms with E-state index in [9.17, 15) is 4.79 Å². The first-order valence-corrected chi connectivity index (χ1v) is 8.04. The van der Waals surface area contributed by atoms with Gasteiger partial charge in [0.25, 0.3) is 0 Å². The van der Waals surface area contributed by atoms with E-state index in [0.29, 0.717) is 5.56 Å². The Balaban J connectivity index is 1.88. The first-order valence-electron chi connectivity index (χ1n) is 8.04. The van der Waals surface area contributed by atoms with Crippen LogP contribution in [-0.2, 0) is 9.53 Å². The predicted molar refractivity (Wildman–Crippen MR) is 88.0 cm³/mol. The number of nitrogens with one attached hydrogen (secondary N) is 1. The standard InChI is InChI=1S/C18H20N4O2/c1-24-18(23)16(14-5-2-4-13(10-14)11-19)22-9-3-6-15(12-22)17-20-7-8-21-17/h2,4-5,7-8,10,15-16H,3,6,9,12H2,1H3,(H,20,21)/t15-,16+/m1/s1. The van der Waals surface area contributed by atoms with Crippen LogP contribution in [0.15, 0.2) is 36.7 Å². The number of nitriles is 1. The zero-order valence-electron chi connectivity index (χ0n) is 13.6. The molecule has 1 N–H and O–H groups in total. The minimum atomic E-state index is -0.499. The van der Waals surface area contributed by atoms with Crippen molar-refractivity contribution in [2.45, 2.75) is 24.8 Å². The van der Waals surface area contributed by atoms with Gasteiger partial charge >= 0.3 is 5.97 Å². The second kappa shape index (κ2) is 7.28. The van der Waals surface area contributed by atoms with Crippen molar-refractivity contribution in [1.29, 1.82) is 5.26 Å². The van der Waals surface area contributed by atoms with Crippen molar-refractivity contribution < 1.29 is 9.53 Å². The number of aromatic amines is 1. The number of imidazole rings is 1. The van der Waals surface area contributed by atoms with E-state index in [1.165, 1.54) is 7.11 Å². The molecule has 0 radical (unpaired) electrons. The molecule has 2 aromatic rings. The molecular weight excluding hydrogens is 304 g/mol. The zero-order chi connectivity index (χ0) is 16.9. The number of nitrogens with zero attached hydrogens (tertiary/aromatic N) is 3. The zero-order valence-corrected chi connectivity index (χ0v) is 13.6. The number of piperidine rings is 1. The van der Waals surface area contributed by atoms with Gasteiger partial charge in [-0.3, -0.25) is 4.90 Å². The number of ether oxygens (including phenoxy) is 1. The fourth-order valence-corrected chi connectivity index (χ4v) is 3.35. The molecule has 1 aromatic heterocycles. The van der Waals surface area contributed by atoms with Crippen molar-refractivity contribution in [2.75, 3.05) is 20.2 Å². The van der Waals surface area contributed by atoms with E-state index in [1.807, 2.05) is 12.3 Å². The molecule has 124 valence electrons. The monoisotopic (exact) mass is 324 g/mol. The highest BCUT2D eigenvalue weighted by atomic mass is 16.5. The van der Waals surface area contributed by atoms with Crippen molar-refractivity contribution in [2.24, 2.45) is 0 Å². The topological polar surface area (TPSA) is 82.0 Å². The lowest BCUT2D eigenvalue weighted by Crippen LogP contribution is -2.41. The lowest BCUT2D eigenvalue weighted by Gasteiger charge is -2.36. The summed E-state index contributed by atoms with van der Waals surface area (Å²) in [6.45, 7) is 1.54. The summed E-state index contributed by atoms with van der Waals surface area (Å²) in [5, 5.41) is 9.12. The molecule has 2 heterocycles. The largest absolute Gasteiger partial charge is 0.468 e. The summed E-state index contributed by atoms with van der Waals surface area (Å²) in [7, 11) is 1.40. The Morgan fingerprint density at radius 3 is 3.12 bits per heavy atom. The van der Waals surface area contributed by atoms with Crippen LogP contribution < -0.4 is 0 Å². The second-order valence-electron chi connectivity index (χ2n) is 5.97. The molecule has 6 heteroatoms. The van der Waals surface area contributed by atoms with Gasteiger partial charge in [-0.05, 0) is 37.1 Å². The number of esters is 1. The lowest BCUT2D eigenvalue weighted by molar-refractivity contribution is -0.148.